The molecule has 4 nitrogen and oxygen atoms in total. The molecule has 0 radical (unpaired) electrons. The van der Waals surface area contributed by atoms with Gasteiger partial charge in [0.15, 0.2) is 6.10 Å². The van der Waals surface area contributed by atoms with Gasteiger partial charge in [0.25, 0.3) is 0 Å². The van der Waals surface area contributed by atoms with E-state index in [9.17, 15) is 4.79 Å². The maximum absolute atomic E-state index is 12.5. The van der Waals surface area contributed by atoms with Gasteiger partial charge in [0.2, 0.25) is 0 Å². The lowest BCUT2D eigenvalue weighted by Gasteiger charge is -2.22. The third kappa shape index (κ3) is 6.59. The Morgan fingerprint density at radius 3 is 2.12 bits per heavy atom. The van der Waals surface area contributed by atoms with Gasteiger partial charge in [-0.1, -0.05) is 62.4 Å². The number of hydrogen-bond acceptors (Lipinski definition) is 4. The van der Waals surface area contributed by atoms with Crippen LogP contribution >= 0.6 is 0 Å². The second kappa shape index (κ2) is 9.84. The highest BCUT2D eigenvalue weighted by molar-refractivity contribution is 5.75. The minimum atomic E-state index is -0.668. The lowest BCUT2D eigenvalue weighted by molar-refractivity contribution is -0.157. The van der Waals surface area contributed by atoms with Crippen molar-refractivity contribution in [3.63, 3.8) is 0 Å². The number of esters is 1. The Bertz CT molecular complexity index is 628. The minimum absolute atomic E-state index is 0.339. The van der Waals surface area contributed by atoms with E-state index in [0.29, 0.717) is 18.2 Å². The quantitative estimate of drug-likeness (QED) is 0.701. The Kier molecular flexibility index (Phi) is 7.48. The van der Waals surface area contributed by atoms with Crippen molar-refractivity contribution in [3.8, 4) is 5.75 Å². The lowest BCUT2D eigenvalue weighted by atomic mass is 10.1. The molecule has 0 spiro atoms. The van der Waals surface area contributed by atoms with E-state index < -0.39 is 6.10 Å². The highest BCUT2D eigenvalue weighted by Crippen LogP contribution is 2.19. The average Bonchev–Trinajstić information content (AvgIpc) is 2.62. The monoisotopic (exact) mass is 341 g/mol. The van der Waals surface area contributed by atoms with Crippen molar-refractivity contribution in [2.45, 2.75) is 33.0 Å². The highest BCUT2D eigenvalue weighted by Gasteiger charge is 2.22. The number of carbonyl (C=O) groups excluding carboxylic acids is 1. The van der Waals surface area contributed by atoms with Gasteiger partial charge in [-0.15, -0.1) is 0 Å². The normalized spacial score (nSPS) is 13.3. The maximum atomic E-state index is 12.5. The van der Waals surface area contributed by atoms with E-state index in [1.54, 1.807) is 6.92 Å². The molecule has 1 N–H and O–H groups in total. The third-order valence-electron chi connectivity index (χ3n) is 3.70. The molecule has 0 heterocycles. The predicted octanol–water partition coefficient (Wildman–Crippen LogP) is 3.98. The number of carbonyl (C=O) groups is 1. The number of hydrogen-bond donors (Lipinski definition) is 1. The van der Waals surface area contributed by atoms with E-state index >= 15 is 0 Å². The van der Waals surface area contributed by atoms with Gasteiger partial charge in [-0.3, -0.25) is 0 Å². The molecule has 0 fully saturated rings. The van der Waals surface area contributed by atoms with Gasteiger partial charge in [0, 0.05) is 6.54 Å². The Morgan fingerprint density at radius 1 is 0.920 bits per heavy atom. The molecule has 134 valence electrons. The molecule has 25 heavy (non-hydrogen) atoms. The van der Waals surface area contributed by atoms with Crippen LogP contribution in [-0.4, -0.2) is 25.2 Å². The summed E-state index contributed by atoms with van der Waals surface area (Å²) in [6.07, 6.45) is -1.01. The van der Waals surface area contributed by atoms with Gasteiger partial charge >= 0.3 is 5.97 Å². The molecule has 0 saturated carbocycles. The maximum Gasteiger partial charge on any atom is 0.347 e. The fourth-order valence-electron chi connectivity index (χ4n) is 2.39. The van der Waals surface area contributed by atoms with Crippen LogP contribution in [-0.2, 0) is 9.53 Å². The van der Waals surface area contributed by atoms with Crippen LogP contribution in [0.25, 0.3) is 0 Å². The number of para-hydroxylation sites is 1. The van der Waals surface area contributed by atoms with E-state index in [2.05, 4.69) is 19.2 Å². The van der Waals surface area contributed by atoms with Crippen LogP contribution in [0.2, 0.25) is 0 Å². The van der Waals surface area contributed by atoms with Crippen molar-refractivity contribution in [3.05, 3.63) is 66.2 Å². The predicted molar refractivity (Wildman–Crippen MR) is 99.5 cm³/mol. The summed E-state index contributed by atoms with van der Waals surface area (Å²) >= 11 is 0. The number of nitrogens with one attached hydrogen (secondary N) is 1. The van der Waals surface area contributed by atoms with Crippen molar-refractivity contribution >= 4 is 5.97 Å². The SMILES string of the molecule is CC(C)CNCC(OC(=O)C(C)Oc1ccccc1)c1ccccc1. The van der Waals surface area contributed by atoms with E-state index in [0.717, 1.165) is 12.1 Å². The largest absolute Gasteiger partial charge is 0.479 e. The second-order valence-corrected chi connectivity index (χ2v) is 6.46. The lowest BCUT2D eigenvalue weighted by Crippen LogP contribution is -2.32. The van der Waals surface area contributed by atoms with E-state index in [-0.39, 0.29) is 12.1 Å². The van der Waals surface area contributed by atoms with Crippen molar-refractivity contribution in [2.75, 3.05) is 13.1 Å². The van der Waals surface area contributed by atoms with Crippen molar-refractivity contribution < 1.29 is 14.3 Å². The first-order chi connectivity index (χ1) is 12.1. The summed E-state index contributed by atoms with van der Waals surface area (Å²) in [5.74, 6) is 0.817. The van der Waals surface area contributed by atoms with Gasteiger partial charge in [0.05, 0.1) is 0 Å². The standard InChI is InChI=1S/C21H27NO3/c1-16(2)14-22-15-20(18-10-6-4-7-11-18)25-21(23)17(3)24-19-12-8-5-9-13-19/h4-13,16-17,20,22H,14-15H2,1-3H3. The van der Waals surface area contributed by atoms with Crippen LogP contribution < -0.4 is 10.1 Å². The molecule has 2 atom stereocenters. The molecule has 0 aliphatic carbocycles. The molecule has 0 bridgehead atoms. The molecule has 4 heteroatoms. The van der Waals surface area contributed by atoms with Crippen LogP contribution in [0.5, 0.6) is 5.75 Å². The van der Waals surface area contributed by atoms with Crippen molar-refractivity contribution in [1.82, 2.24) is 5.32 Å². The smallest absolute Gasteiger partial charge is 0.347 e. The van der Waals surface area contributed by atoms with Gasteiger partial charge in [-0.05, 0) is 37.1 Å². The molecule has 2 unspecified atom stereocenters. The zero-order valence-electron chi connectivity index (χ0n) is 15.1. The summed E-state index contributed by atoms with van der Waals surface area (Å²) in [6, 6.07) is 19.1. The molecular weight excluding hydrogens is 314 g/mol. The first-order valence-corrected chi connectivity index (χ1v) is 8.74. The second-order valence-electron chi connectivity index (χ2n) is 6.46. The summed E-state index contributed by atoms with van der Waals surface area (Å²) in [5, 5.41) is 3.36. The van der Waals surface area contributed by atoms with Crippen molar-refractivity contribution in [1.29, 1.82) is 0 Å². The molecule has 2 rings (SSSR count). The number of ether oxygens (including phenoxy) is 2. The first kappa shape index (κ1) is 19.0. The molecule has 2 aromatic rings. The van der Waals surface area contributed by atoms with E-state index in [4.69, 9.17) is 9.47 Å². The van der Waals surface area contributed by atoms with Crippen LogP contribution in [0.15, 0.2) is 60.7 Å². The Labute approximate surface area is 150 Å². The summed E-state index contributed by atoms with van der Waals surface area (Å²) in [5.41, 5.74) is 0.971. The molecule has 2 aromatic carbocycles. The third-order valence-corrected chi connectivity index (χ3v) is 3.70. The summed E-state index contributed by atoms with van der Waals surface area (Å²) in [4.78, 5) is 12.5. The highest BCUT2D eigenvalue weighted by atomic mass is 16.6. The zero-order valence-corrected chi connectivity index (χ0v) is 15.1. The fraction of sp³-hybridized carbons (Fsp3) is 0.381. The zero-order chi connectivity index (χ0) is 18.1. The Balaban J connectivity index is 1.98. The fourth-order valence-corrected chi connectivity index (χ4v) is 2.39. The summed E-state index contributed by atoms with van der Waals surface area (Å²) in [7, 11) is 0. The Hall–Kier alpha value is -2.33. The summed E-state index contributed by atoms with van der Waals surface area (Å²) in [6.45, 7) is 7.44. The van der Waals surface area contributed by atoms with Crippen LogP contribution in [0.4, 0.5) is 0 Å². The number of rotatable bonds is 9. The van der Waals surface area contributed by atoms with Crippen LogP contribution in [0.1, 0.15) is 32.4 Å². The van der Waals surface area contributed by atoms with Crippen molar-refractivity contribution in [2.24, 2.45) is 5.92 Å². The van der Waals surface area contributed by atoms with Gasteiger partial charge in [0.1, 0.15) is 11.9 Å². The average molecular weight is 341 g/mol. The molecule has 0 aromatic heterocycles. The molecule has 0 amide bonds. The summed E-state index contributed by atoms with van der Waals surface area (Å²) < 4.78 is 11.4. The topological polar surface area (TPSA) is 47.6 Å². The van der Waals surface area contributed by atoms with Gasteiger partial charge in [-0.2, -0.15) is 0 Å². The van der Waals surface area contributed by atoms with E-state index in [1.165, 1.54) is 0 Å². The molecular formula is C21H27NO3. The van der Waals surface area contributed by atoms with Crippen LogP contribution in [0, 0.1) is 5.92 Å². The molecule has 0 aliphatic heterocycles. The number of benzene rings is 2. The van der Waals surface area contributed by atoms with Crippen LogP contribution in [0.3, 0.4) is 0 Å². The molecule has 0 saturated heterocycles. The minimum Gasteiger partial charge on any atom is -0.479 e. The Morgan fingerprint density at radius 2 is 1.52 bits per heavy atom. The molecule has 0 aliphatic rings. The van der Waals surface area contributed by atoms with Gasteiger partial charge < -0.3 is 14.8 Å². The van der Waals surface area contributed by atoms with E-state index in [1.807, 2.05) is 60.7 Å². The first-order valence-electron chi connectivity index (χ1n) is 8.74. The van der Waals surface area contributed by atoms with Gasteiger partial charge in [-0.25, -0.2) is 4.79 Å².